The fourth-order valence-corrected chi connectivity index (χ4v) is 4.30. The van der Waals surface area contributed by atoms with Gasteiger partial charge in [-0.25, -0.2) is 0 Å². The molecule has 0 bridgehead atoms. The number of rotatable bonds is 4. The summed E-state index contributed by atoms with van der Waals surface area (Å²) < 4.78 is 5.98. The average Bonchev–Trinajstić information content (AvgIpc) is 3.02. The van der Waals surface area contributed by atoms with Gasteiger partial charge in [-0.3, -0.25) is 11.3 Å². The summed E-state index contributed by atoms with van der Waals surface area (Å²) in [6.07, 6.45) is 5.36. The molecular formula is C18H28N2O. The van der Waals surface area contributed by atoms with E-state index in [1.807, 2.05) is 0 Å². The molecule has 5 unspecified atom stereocenters. The molecule has 21 heavy (non-hydrogen) atoms. The molecule has 1 heterocycles. The van der Waals surface area contributed by atoms with Crippen LogP contribution >= 0.6 is 0 Å². The minimum absolute atomic E-state index is 0.269. The fraction of sp³-hybridized carbons (Fsp3) is 0.667. The highest BCUT2D eigenvalue weighted by Crippen LogP contribution is 2.35. The van der Waals surface area contributed by atoms with Crippen LogP contribution in [0, 0.1) is 11.8 Å². The fourth-order valence-electron chi connectivity index (χ4n) is 4.30. The monoisotopic (exact) mass is 288 g/mol. The van der Waals surface area contributed by atoms with Crippen LogP contribution in [-0.2, 0) is 24.0 Å². The highest BCUT2D eigenvalue weighted by molar-refractivity contribution is 5.35. The zero-order chi connectivity index (χ0) is 15.0. The molecule has 3 rings (SSSR count). The Hall–Kier alpha value is -0.900. The number of aryl methyl sites for hydroxylation is 2. The van der Waals surface area contributed by atoms with Crippen molar-refractivity contribution in [3.63, 3.8) is 0 Å². The number of hydrogen-bond acceptors (Lipinski definition) is 3. The molecule has 3 nitrogen and oxygen atoms in total. The Morgan fingerprint density at radius 1 is 1.19 bits per heavy atom. The average molecular weight is 288 g/mol. The quantitative estimate of drug-likeness (QED) is 0.661. The number of ether oxygens (including phenoxy) is 1. The Morgan fingerprint density at radius 3 is 2.62 bits per heavy atom. The topological polar surface area (TPSA) is 47.3 Å². The van der Waals surface area contributed by atoms with Crippen LogP contribution in [0.2, 0.25) is 0 Å². The summed E-state index contributed by atoms with van der Waals surface area (Å²) in [5.41, 5.74) is 7.54. The lowest BCUT2D eigenvalue weighted by Crippen LogP contribution is -2.46. The molecule has 1 aliphatic heterocycles. The second-order valence-corrected chi connectivity index (χ2v) is 6.92. The van der Waals surface area contributed by atoms with Gasteiger partial charge in [0.1, 0.15) is 0 Å². The molecule has 3 N–H and O–H groups in total. The third-order valence-electron chi connectivity index (χ3n) is 5.62. The van der Waals surface area contributed by atoms with Gasteiger partial charge in [-0.05, 0) is 62.1 Å². The van der Waals surface area contributed by atoms with E-state index >= 15 is 0 Å². The van der Waals surface area contributed by atoms with Gasteiger partial charge < -0.3 is 4.74 Å². The minimum atomic E-state index is 0.269. The number of fused-ring (bicyclic) bond motifs is 1. The minimum Gasteiger partial charge on any atom is -0.375 e. The van der Waals surface area contributed by atoms with Gasteiger partial charge in [0.05, 0.1) is 12.2 Å². The SMILES string of the molecule is CC1OC(C)C(C(Cc2ccc3c(c2)CCC3)NN)C1C. The van der Waals surface area contributed by atoms with E-state index in [-0.39, 0.29) is 12.1 Å². The van der Waals surface area contributed by atoms with Crippen molar-refractivity contribution < 1.29 is 4.74 Å². The van der Waals surface area contributed by atoms with Gasteiger partial charge in [0.15, 0.2) is 0 Å². The molecule has 0 saturated carbocycles. The summed E-state index contributed by atoms with van der Waals surface area (Å²) in [5, 5.41) is 0. The lowest BCUT2D eigenvalue weighted by atomic mass is 9.81. The van der Waals surface area contributed by atoms with Crippen molar-refractivity contribution in [1.29, 1.82) is 0 Å². The Kier molecular flexibility index (Phi) is 4.34. The van der Waals surface area contributed by atoms with Crippen molar-refractivity contribution in [3.8, 4) is 0 Å². The van der Waals surface area contributed by atoms with E-state index in [9.17, 15) is 0 Å². The van der Waals surface area contributed by atoms with E-state index in [0.717, 1.165) is 6.42 Å². The van der Waals surface area contributed by atoms with Gasteiger partial charge in [0.2, 0.25) is 0 Å². The van der Waals surface area contributed by atoms with E-state index in [0.29, 0.717) is 17.9 Å². The van der Waals surface area contributed by atoms with Crippen LogP contribution in [0.15, 0.2) is 18.2 Å². The highest BCUT2D eigenvalue weighted by Gasteiger charge is 2.41. The first-order valence-corrected chi connectivity index (χ1v) is 8.32. The van der Waals surface area contributed by atoms with E-state index in [1.165, 1.54) is 30.4 Å². The third kappa shape index (κ3) is 2.87. The van der Waals surface area contributed by atoms with E-state index in [4.69, 9.17) is 10.6 Å². The Balaban J connectivity index is 1.75. The van der Waals surface area contributed by atoms with Crippen LogP contribution in [0.3, 0.4) is 0 Å². The summed E-state index contributed by atoms with van der Waals surface area (Å²) in [6, 6.07) is 7.26. The molecule has 2 aliphatic rings. The smallest absolute Gasteiger partial charge is 0.0597 e. The molecule has 1 aromatic carbocycles. The molecular weight excluding hydrogens is 260 g/mol. The highest BCUT2D eigenvalue weighted by atomic mass is 16.5. The van der Waals surface area contributed by atoms with Crippen LogP contribution in [0.1, 0.15) is 43.9 Å². The van der Waals surface area contributed by atoms with Crippen LogP contribution in [0.5, 0.6) is 0 Å². The van der Waals surface area contributed by atoms with Crippen molar-refractivity contribution in [2.75, 3.05) is 0 Å². The van der Waals surface area contributed by atoms with Crippen LogP contribution in [0.4, 0.5) is 0 Å². The van der Waals surface area contributed by atoms with Crippen molar-refractivity contribution in [1.82, 2.24) is 5.43 Å². The Morgan fingerprint density at radius 2 is 1.95 bits per heavy atom. The van der Waals surface area contributed by atoms with Crippen molar-refractivity contribution in [2.24, 2.45) is 17.7 Å². The standard InChI is InChI=1S/C18H28N2O/c1-11-12(2)21-13(3)18(11)17(20-19)10-14-7-8-15-5-4-6-16(15)9-14/h7-9,11-13,17-18,20H,4-6,10,19H2,1-3H3. The first-order chi connectivity index (χ1) is 10.1. The molecule has 116 valence electrons. The van der Waals surface area contributed by atoms with E-state index < -0.39 is 0 Å². The van der Waals surface area contributed by atoms with E-state index in [1.54, 1.807) is 5.56 Å². The first-order valence-electron chi connectivity index (χ1n) is 8.32. The van der Waals surface area contributed by atoms with Gasteiger partial charge in [-0.2, -0.15) is 0 Å². The number of nitrogens with two attached hydrogens (primary N) is 1. The van der Waals surface area contributed by atoms with Gasteiger partial charge in [0, 0.05) is 12.0 Å². The van der Waals surface area contributed by atoms with Crippen LogP contribution < -0.4 is 11.3 Å². The summed E-state index contributed by atoms with van der Waals surface area (Å²) >= 11 is 0. The summed E-state index contributed by atoms with van der Waals surface area (Å²) in [5.74, 6) is 6.89. The van der Waals surface area contributed by atoms with Gasteiger partial charge >= 0.3 is 0 Å². The van der Waals surface area contributed by atoms with Crippen LogP contribution in [0.25, 0.3) is 0 Å². The Bertz CT molecular complexity index is 502. The zero-order valence-corrected chi connectivity index (χ0v) is 13.4. The molecule has 1 saturated heterocycles. The number of nitrogens with one attached hydrogen (secondary N) is 1. The lowest BCUT2D eigenvalue weighted by molar-refractivity contribution is 0.0476. The number of benzene rings is 1. The van der Waals surface area contributed by atoms with Crippen molar-refractivity contribution in [2.45, 2.75) is 64.7 Å². The molecule has 5 atom stereocenters. The van der Waals surface area contributed by atoms with Crippen molar-refractivity contribution >= 4 is 0 Å². The maximum Gasteiger partial charge on any atom is 0.0597 e. The summed E-state index contributed by atoms with van der Waals surface area (Å²) in [6.45, 7) is 6.63. The Labute approximate surface area is 128 Å². The largest absolute Gasteiger partial charge is 0.375 e. The van der Waals surface area contributed by atoms with Crippen molar-refractivity contribution in [3.05, 3.63) is 34.9 Å². The molecule has 1 fully saturated rings. The molecule has 0 radical (unpaired) electrons. The number of hydrazine groups is 1. The van der Waals surface area contributed by atoms with Gasteiger partial charge in [-0.15, -0.1) is 0 Å². The zero-order valence-electron chi connectivity index (χ0n) is 13.4. The molecule has 3 heteroatoms. The summed E-state index contributed by atoms with van der Waals surface area (Å²) in [7, 11) is 0. The maximum atomic E-state index is 5.98. The van der Waals surface area contributed by atoms with Gasteiger partial charge in [-0.1, -0.05) is 25.1 Å². The van der Waals surface area contributed by atoms with Crippen LogP contribution in [-0.4, -0.2) is 18.2 Å². The first kappa shape index (κ1) is 15.0. The molecule has 0 amide bonds. The van der Waals surface area contributed by atoms with E-state index in [2.05, 4.69) is 44.4 Å². The predicted octanol–water partition coefficient (Wildman–Crippen LogP) is 2.61. The lowest BCUT2D eigenvalue weighted by Gasteiger charge is -2.28. The molecule has 0 aromatic heterocycles. The second kappa shape index (κ2) is 6.07. The maximum absolute atomic E-state index is 5.98. The normalized spacial score (nSPS) is 33.1. The van der Waals surface area contributed by atoms with Gasteiger partial charge in [0.25, 0.3) is 0 Å². The second-order valence-electron chi connectivity index (χ2n) is 6.92. The third-order valence-corrected chi connectivity index (χ3v) is 5.62. The summed E-state index contributed by atoms with van der Waals surface area (Å²) in [4.78, 5) is 0. The molecule has 1 aromatic rings. The molecule has 0 spiro atoms. The number of hydrogen-bond donors (Lipinski definition) is 2. The molecule has 1 aliphatic carbocycles. The predicted molar refractivity (Wildman–Crippen MR) is 85.9 cm³/mol.